The van der Waals surface area contributed by atoms with Crippen LogP contribution in [0.25, 0.3) is 0 Å². The third-order valence-corrected chi connectivity index (χ3v) is 4.53. The number of carbonyl (C=O) groups is 2. The number of hydrogen-bond acceptors (Lipinski definition) is 4. The number of ketones is 1. The Labute approximate surface area is 139 Å². The molecular formula is C19H18O5. The first-order chi connectivity index (χ1) is 11.5. The van der Waals surface area contributed by atoms with E-state index in [1.165, 1.54) is 12.1 Å². The summed E-state index contributed by atoms with van der Waals surface area (Å²) < 4.78 is 5.77. The summed E-state index contributed by atoms with van der Waals surface area (Å²) in [6.07, 6.45) is 0.246. The molecule has 5 heteroatoms. The van der Waals surface area contributed by atoms with E-state index in [0.717, 1.165) is 5.56 Å². The summed E-state index contributed by atoms with van der Waals surface area (Å²) in [5, 5.41) is 19.5. The van der Waals surface area contributed by atoms with E-state index in [1.807, 2.05) is 30.3 Å². The lowest BCUT2D eigenvalue weighted by Crippen LogP contribution is -2.33. The maximum atomic E-state index is 12.2. The Morgan fingerprint density at radius 2 is 1.92 bits per heavy atom. The molecule has 0 bridgehead atoms. The zero-order valence-corrected chi connectivity index (χ0v) is 13.3. The summed E-state index contributed by atoms with van der Waals surface area (Å²) >= 11 is 0. The SMILES string of the molecule is CCC(=O)c1cc(C(=O)O)cc2c1OC[C@@]2(CO)c1ccccc1. The van der Waals surface area contributed by atoms with Crippen molar-refractivity contribution in [3.63, 3.8) is 0 Å². The molecular weight excluding hydrogens is 308 g/mol. The summed E-state index contributed by atoms with van der Waals surface area (Å²) in [7, 11) is 0. The number of fused-ring (bicyclic) bond motifs is 1. The first kappa shape index (κ1) is 16.2. The molecule has 2 aromatic rings. The van der Waals surface area contributed by atoms with Crippen LogP contribution in [-0.4, -0.2) is 35.2 Å². The van der Waals surface area contributed by atoms with Crippen molar-refractivity contribution in [1.29, 1.82) is 0 Å². The minimum absolute atomic E-state index is 0.0183. The Bertz CT molecular complexity index is 797. The molecule has 0 saturated carbocycles. The predicted octanol–water partition coefficient (Wildman–Crippen LogP) is 2.65. The Kier molecular flexibility index (Phi) is 4.11. The molecule has 0 aromatic heterocycles. The van der Waals surface area contributed by atoms with Gasteiger partial charge in [-0.1, -0.05) is 37.3 Å². The van der Waals surface area contributed by atoms with Crippen molar-refractivity contribution in [3.8, 4) is 5.75 Å². The van der Waals surface area contributed by atoms with Crippen molar-refractivity contribution < 1.29 is 24.5 Å². The molecule has 1 heterocycles. The van der Waals surface area contributed by atoms with Gasteiger partial charge in [-0.25, -0.2) is 4.79 Å². The van der Waals surface area contributed by atoms with Crippen LogP contribution in [0.3, 0.4) is 0 Å². The fourth-order valence-electron chi connectivity index (χ4n) is 3.15. The monoisotopic (exact) mass is 326 g/mol. The number of ether oxygens (including phenoxy) is 1. The normalized spacial score (nSPS) is 18.8. The van der Waals surface area contributed by atoms with Gasteiger partial charge in [0.15, 0.2) is 5.78 Å². The van der Waals surface area contributed by atoms with Crippen LogP contribution in [0.2, 0.25) is 0 Å². The molecule has 0 unspecified atom stereocenters. The minimum Gasteiger partial charge on any atom is -0.491 e. The third kappa shape index (κ3) is 2.37. The second-order valence-corrected chi connectivity index (χ2v) is 5.88. The molecule has 124 valence electrons. The predicted molar refractivity (Wildman–Crippen MR) is 87.8 cm³/mol. The van der Waals surface area contributed by atoms with E-state index >= 15 is 0 Å². The Balaban J connectivity index is 2.28. The van der Waals surface area contributed by atoms with Crippen molar-refractivity contribution in [3.05, 3.63) is 64.7 Å². The topological polar surface area (TPSA) is 83.8 Å². The van der Waals surface area contributed by atoms with Crippen LogP contribution in [0.5, 0.6) is 5.75 Å². The van der Waals surface area contributed by atoms with E-state index in [-0.39, 0.29) is 36.5 Å². The molecule has 24 heavy (non-hydrogen) atoms. The summed E-state index contributed by atoms with van der Waals surface area (Å²) in [6.45, 7) is 1.64. The summed E-state index contributed by atoms with van der Waals surface area (Å²) in [5.74, 6) is -0.921. The van der Waals surface area contributed by atoms with Gasteiger partial charge in [-0.2, -0.15) is 0 Å². The van der Waals surface area contributed by atoms with Gasteiger partial charge in [0.1, 0.15) is 12.4 Å². The number of rotatable bonds is 5. The maximum Gasteiger partial charge on any atom is 0.335 e. The molecule has 1 aliphatic heterocycles. The molecule has 0 aliphatic carbocycles. The van der Waals surface area contributed by atoms with Gasteiger partial charge in [-0.05, 0) is 17.7 Å². The number of aliphatic hydroxyl groups excluding tert-OH is 1. The average molecular weight is 326 g/mol. The van der Waals surface area contributed by atoms with Gasteiger partial charge < -0.3 is 14.9 Å². The lowest BCUT2D eigenvalue weighted by Gasteiger charge is -2.26. The van der Waals surface area contributed by atoms with Crippen LogP contribution in [-0.2, 0) is 5.41 Å². The van der Waals surface area contributed by atoms with E-state index in [1.54, 1.807) is 6.92 Å². The summed E-state index contributed by atoms with van der Waals surface area (Å²) in [4.78, 5) is 23.7. The number of carboxylic acids is 1. The van der Waals surface area contributed by atoms with Gasteiger partial charge in [0.25, 0.3) is 0 Å². The van der Waals surface area contributed by atoms with Gasteiger partial charge in [0.05, 0.1) is 23.1 Å². The molecule has 0 amide bonds. The second kappa shape index (κ2) is 6.09. The molecule has 1 atom stereocenters. The second-order valence-electron chi connectivity index (χ2n) is 5.88. The van der Waals surface area contributed by atoms with Gasteiger partial charge in [-0.3, -0.25) is 4.79 Å². The standard InChI is InChI=1S/C19H18O5/c1-2-16(21)14-8-12(18(22)23)9-15-17(14)24-11-19(15,10-20)13-6-4-3-5-7-13/h3-9,20H,2,10-11H2,1H3,(H,22,23)/t19-/m0/s1. The lowest BCUT2D eigenvalue weighted by molar-refractivity contribution is 0.0696. The Hall–Kier alpha value is -2.66. The molecule has 2 aromatic carbocycles. The molecule has 5 nitrogen and oxygen atoms in total. The van der Waals surface area contributed by atoms with Gasteiger partial charge >= 0.3 is 5.97 Å². The number of Topliss-reactive ketones (excluding diaryl/α,β-unsaturated/α-hetero) is 1. The molecule has 1 aliphatic rings. The molecule has 3 rings (SSSR count). The first-order valence-corrected chi connectivity index (χ1v) is 7.77. The number of carboxylic acid groups (broad SMARTS) is 1. The van der Waals surface area contributed by atoms with Crippen molar-refractivity contribution in [1.82, 2.24) is 0 Å². The highest BCUT2D eigenvalue weighted by Gasteiger charge is 2.44. The van der Waals surface area contributed by atoms with Crippen molar-refractivity contribution in [2.24, 2.45) is 0 Å². The highest BCUT2D eigenvalue weighted by Crippen LogP contribution is 2.46. The Morgan fingerprint density at radius 1 is 1.21 bits per heavy atom. The molecule has 0 fully saturated rings. The fourth-order valence-corrected chi connectivity index (χ4v) is 3.15. The van der Waals surface area contributed by atoms with E-state index in [2.05, 4.69) is 0 Å². The van der Waals surface area contributed by atoms with E-state index in [9.17, 15) is 19.8 Å². The maximum absolute atomic E-state index is 12.2. The third-order valence-electron chi connectivity index (χ3n) is 4.53. The quantitative estimate of drug-likeness (QED) is 0.825. The minimum atomic E-state index is -1.12. The summed E-state index contributed by atoms with van der Waals surface area (Å²) in [5.41, 5.74) is 0.783. The number of hydrogen-bond donors (Lipinski definition) is 2. The molecule has 0 spiro atoms. The zero-order valence-electron chi connectivity index (χ0n) is 13.3. The van der Waals surface area contributed by atoms with Crippen LogP contribution < -0.4 is 4.74 Å². The van der Waals surface area contributed by atoms with Gasteiger partial charge in [0.2, 0.25) is 0 Å². The molecule has 0 saturated heterocycles. The van der Waals surface area contributed by atoms with Crippen LogP contribution in [0.15, 0.2) is 42.5 Å². The molecule has 0 radical (unpaired) electrons. The van der Waals surface area contributed by atoms with E-state index in [0.29, 0.717) is 11.3 Å². The van der Waals surface area contributed by atoms with E-state index in [4.69, 9.17) is 4.74 Å². The number of aromatic carboxylic acids is 1. The van der Waals surface area contributed by atoms with Crippen molar-refractivity contribution >= 4 is 11.8 Å². The van der Waals surface area contributed by atoms with Crippen LogP contribution in [0.4, 0.5) is 0 Å². The highest BCUT2D eigenvalue weighted by atomic mass is 16.5. The largest absolute Gasteiger partial charge is 0.491 e. The van der Waals surface area contributed by atoms with Crippen molar-refractivity contribution in [2.75, 3.05) is 13.2 Å². The average Bonchev–Trinajstić information content (AvgIpc) is 3.00. The van der Waals surface area contributed by atoms with Crippen LogP contribution >= 0.6 is 0 Å². The fraction of sp³-hybridized carbons (Fsp3) is 0.263. The number of carbonyl (C=O) groups excluding carboxylic acids is 1. The van der Waals surface area contributed by atoms with E-state index < -0.39 is 11.4 Å². The first-order valence-electron chi connectivity index (χ1n) is 7.77. The van der Waals surface area contributed by atoms with Crippen LogP contribution in [0, 0.1) is 0 Å². The van der Waals surface area contributed by atoms with Crippen molar-refractivity contribution in [2.45, 2.75) is 18.8 Å². The smallest absolute Gasteiger partial charge is 0.335 e. The highest BCUT2D eigenvalue weighted by molar-refractivity contribution is 6.02. The summed E-state index contributed by atoms with van der Waals surface area (Å²) in [6, 6.07) is 12.2. The number of aliphatic hydroxyl groups is 1. The van der Waals surface area contributed by atoms with Crippen LogP contribution in [0.1, 0.15) is 45.2 Å². The van der Waals surface area contributed by atoms with Gasteiger partial charge in [0, 0.05) is 12.0 Å². The zero-order chi connectivity index (χ0) is 17.3. The van der Waals surface area contributed by atoms with Gasteiger partial charge in [-0.15, -0.1) is 0 Å². The lowest BCUT2D eigenvalue weighted by atomic mass is 9.75. The Morgan fingerprint density at radius 3 is 2.50 bits per heavy atom. The molecule has 2 N–H and O–H groups in total. The number of benzene rings is 2.